The molecule has 0 amide bonds. The van der Waals surface area contributed by atoms with E-state index in [0.29, 0.717) is 25.9 Å². The van der Waals surface area contributed by atoms with Gasteiger partial charge in [-0.3, -0.25) is 0 Å². The largest absolute Gasteiger partial charge is 0.379 e. The van der Waals surface area contributed by atoms with E-state index in [1.165, 1.54) is 11.1 Å². The van der Waals surface area contributed by atoms with E-state index in [4.69, 9.17) is 19.2 Å². The van der Waals surface area contributed by atoms with E-state index in [1.54, 1.807) is 0 Å². The Hall–Kier alpha value is -1.63. The van der Waals surface area contributed by atoms with Crippen LogP contribution in [-0.2, 0) is 27.4 Å². The second kappa shape index (κ2) is 13.5. The highest BCUT2D eigenvalue weighted by molar-refractivity contribution is 5.79. The maximum Gasteiger partial charge on any atom is 0.191 e. The number of rotatable bonds is 12. The molecule has 2 N–H and O–H groups in total. The molecule has 158 valence electrons. The summed E-state index contributed by atoms with van der Waals surface area (Å²) < 4.78 is 17.0. The average molecular weight is 392 g/mol. The first-order valence-electron chi connectivity index (χ1n) is 10.6. The third-order valence-corrected chi connectivity index (χ3v) is 4.42. The van der Waals surface area contributed by atoms with Crippen molar-refractivity contribution in [3.05, 3.63) is 35.4 Å². The first kappa shape index (κ1) is 22.7. The Balaban J connectivity index is 1.69. The normalized spacial score (nSPS) is 17.3. The fourth-order valence-electron chi connectivity index (χ4n) is 2.96. The number of nitrogens with one attached hydrogen (secondary N) is 2. The Morgan fingerprint density at radius 1 is 1.29 bits per heavy atom. The maximum absolute atomic E-state index is 5.70. The first-order valence-corrected chi connectivity index (χ1v) is 10.6. The molecule has 0 aromatic heterocycles. The summed E-state index contributed by atoms with van der Waals surface area (Å²) in [6.45, 7) is 11.5. The van der Waals surface area contributed by atoms with Crippen LogP contribution < -0.4 is 10.6 Å². The Labute approximate surface area is 170 Å². The Morgan fingerprint density at radius 3 is 2.89 bits per heavy atom. The van der Waals surface area contributed by atoms with E-state index >= 15 is 0 Å². The minimum Gasteiger partial charge on any atom is -0.379 e. The number of benzene rings is 1. The zero-order chi connectivity index (χ0) is 20.0. The summed E-state index contributed by atoms with van der Waals surface area (Å²) in [5.41, 5.74) is 2.37. The van der Waals surface area contributed by atoms with Gasteiger partial charge in [0.1, 0.15) is 0 Å². The molecule has 1 aromatic carbocycles. The molecular formula is C22H37N3O3. The van der Waals surface area contributed by atoms with Crippen molar-refractivity contribution in [2.75, 3.05) is 32.9 Å². The van der Waals surface area contributed by atoms with Crippen molar-refractivity contribution in [1.82, 2.24) is 10.6 Å². The summed E-state index contributed by atoms with van der Waals surface area (Å²) in [7, 11) is 0. The van der Waals surface area contributed by atoms with Gasteiger partial charge < -0.3 is 24.8 Å². The summed E-state index contributed by atoms with van der Waals surface area (Å²) in [6.07, 6.45) is 3.76. The minimum absolute atomic E-state index is 0.237. The van der Waals surface area contributed by atoms with E-state index in [2.05, 4.69) is 55.7 Å². The number of hydrogen-bond donors (Lipinski definition) is 2. The molecule has 2 rings (SSSR count). The first-order chi connectivity index (χ1) is 13.7. The molecule has 1 heterocycles. The van der Waals surface area contributed by atoms with Crippen LogP contribution in [0.4, 0.5) is 0 Å². The molecule has 6 nitrogen and oxygen atoms in total. The number of aliphatic imine (C=N–C) groups is 1. The molecule has 1 aliphatic heterocycles. The van der Waals surface area contributed by atoms with Crippen molar-refractivity contribution in [2.24, 2.45) is 4.99 Å². The van der Waals surface area contributed by atoms with Gasteiger partial charge in [0.05, 0.1) is 32.0 Å². The summed E-state index contributed by atoms with van der Waals surface area (Å²) in [6, 6.07) is 8.42. The van der Waals surface area contributed by atoms with Crippen molar-refractivity contribution >= 4 is 5.96 Å². The number of ether oxygens (including phenoxy) is 3. The van der Waals surface area contributed by atoms with Crippen LogP contribution in [0.5, 0.6) is 0 Å². The van der Waals surface area contributed by atoms with Crippen molar-refractivity contribution in [3.8, 4) is 0 Å². The highest BCUT2D eigenvalue weighted by Crippen LogP contribution is 2.12. The van der Waals surface area contributed by atoms with Crippen molar-refractivity contribution in [1.29, 1.82) is 0 Å². The zero-order valence-corrected chi connectivity index (χ0v) is 17.7. The standard InChI is InChI=1S/C22H37N3O3/c1-4-23-22(24-11-7-12-26-17-21-10-6-13-27-21)25-15-19-8-5-9-20(14-19)16-28-18(2)3/h5,8-9,14,18,21H,4,6-7,10-13,15-17H2,1-3H3,(H2,23,24,25). The lowest BCUT2D eigenvalue weighted by Crippen LogP contribution is -2.38. The molecule has 28 heavy (non-hydrogen) atoms. The van der Waals surface area contributed by atoms with Crippen molar-refractivity contribution < 1.29 is 14.2 Å². The Kier molecular flexibility index (Phi) is 10.9. The fraction of sp³-hybridized carbons (Fsp3) is 0.682. The van der Waals surface area contributed by atoms with E-state index in [1.807, 2.05) is 0 Å². The highest BCUT2D eigenvalue weighted by Gasteiger charge is 2.14. The third kappa shape index (κ3) is 9.53. The molecular weight excluding hydrogens is 354 g/mol. The van der Waals surface area contributed by atoms with Gasteiger partial charge in [-0.25, -0.2) is 4.99 Å². The summed E-state index contributed by atoms with van der Waals surface area (Å²) >= 11 is 0. The Bertz CT molecular complexity index is 572. The van der Waals surface area contributed by atoms with Gasteiger partial charge in [0.15, 0.2) is 5.96 Å². The van der Waals surface area contributed by atoms with E-state index in [9.17, 15) is 0 Å². The van der Waals surface area contributed by atoms with Gasteiger partial charge >= 0.3 is 0 Å². The van der Waals surface area contributed by atoms with Crippen LogP contribution in [0.2, 0.25) is 0 Å². The van der Waals surface area contributed by atoms with Gasteiger partial charge in [0, 0.05) is 26.3 Å². The summed E-state index contributed by atoms with van der Waals surface area (Å²) in [5.74, 6) is 0.838. The van der Waals surface area contributed by atoms with Gasteiger partial charge in [-0.2, -0.15) is 0 Å². The number of nitrogens with zero attached hydrogens (tertiary/aromatic N) is 1. The van der Waals surface area contributed by atoms with Gasteiger partial charge in [-0.15, -0.1) is 0 Å². The van der Waals surface area contributed by atoms with Crippen LogP contribution in [0.15, 0.2) is 29.3 Å². The van der Waals surface area contributed by atoms with Crippen LogP contribution in [-0.4, -0.2) is 51.1 Å². The molecule has 1 fully saturated rings. The van der Waals surface area contributed by atoms with Gasteiger partial charge in [-0.05, 0) is 51.2 Å². The number of guanidine groups is 1. The predicted octanol–water partition coefficient (Wildman–Crippen LogP) is 3.25. The van der Waals surface area contributed by atoms with Crippen molar-refractivity contribution in [3.63, 3.8) is 0 Å². The van der Waals surface area contributed by atoms with E-state index < -0.39 is 0 Å². The molecule has 0 bridgehead atoms. The topological polar surface area (TPSA) is 64.1 Å². The lowest BCUT2D eigenvalue weighted by Gasteiger charge is -2.13. The molecule has 6 heteroatoms. The quantitative estimate of drug-likeness (QED) is 0.325. The third-order valence-electron chi connectivity index (χ3n) is 4.42. The van der Waals surface area contributed by atoms with E-state index in [-0.39, 0.29) is 6.10 Å². The molecule has 1 atom stereocenters. The van der Waals surface area contributed by atoms with Crippen LogP contribution in [0.25, 0.3) is 0 Å². The van der Waals surface area contributed by atoms with Gasteiger partial charge in [0.2, 0.25) is 0 Å². The monoisotopic (exact) mass is 391 g/mol. The van der Waals surface area contributed by atoms with E-state index in [0.717, 1.165) is 51.5 Å². The van der Waals surface area contributed by atoms with Gasteiger partial charge in [-0.1, -0.05) is 24.3 Å². The molecule has 0 radical (unpaired) electrons. The molecule has 1 unspecified atom stereocenters. The minimum atomic E-state index is 0.237. The fourth-order valence-corrected chi connectivity index (χ4v) is 2.96. The lowest BCUT2D eigenvalue weighted by atomic mass is 10.1. The van der Waals surface area contributed by atoms with Gasteiger partial charge in [0.25, 0.3) is 0 Å². The molecule has 0 spiro atoms. The molecule has 0 aliphatic carbocycles. The second-order valence-corrected chi connectivity index (χ2v) is 7.37. The van der Waals surface area contributed by atoms with Crippen LogP contribution in [0.1, 0.15) is 51.2 Å². The highest BCUT2D eigenvalue weighted by atomic mass is 16.5. The number of hydrogen-bond acceptors (Lipinski definition) is 4. The molecule has 0 saturated carbocycles. The van der Waals surface area contributed by atoms with Crippen LogP contribution in [0.3, 0.4) is 0 Å². The average Bonchev–Trinajstić information content (AvgIpc) is 3.21. The lowest BCUT2D eigenvalue weighted by molar-refractivity contribution is 0.0168. The Morgan fingerprint density at radius 2 is 2.14 bits per heavy atom. The van der Waals surface area contributed by atoms with Crippen LogP contribution >= 0.6 is 0 Å². The molecule has 1 aromatic rings. The molecule has 1 saturated heterocycles. The summed E-state index contributed by atoms with van der Waals surface area (Å²) in [5, 5.41) is 6.67. The molecule has 1 aliphatic rings. The zero-order valence-electron chi connectivity index (χ0n) is 17.7. The smallest absolute Gasteiger partial charge is 0.191 e. The van der Waals surface area contributed by atoms with Crippen LogP contribution in [0, 0.1) is 0 Å². The maximum atomic E-state index is 5.70. The second-order valence-electron chi connectivity index (χ2n) is 7.37. The summed E-state index contributed by atoms with van der Waals surface area (Å²) in [4.78, 5) is 4.69. The predicted molar refractivity (Wildman–Crippen MR) is 114 cm³/mol. The van der Waals surface area contributed by atoms with Crippen molar-refractivity contribution in [2.45, 2.75) is 65.4 Å². The SMILES string of the molecule is CCNC(=NCc1cccc(COC(C)C)c1)NCCCOCC1CCCO1.